The summed E-state index contributed by atoms with van der Waals surface area (Å²) in [5, 5.41) is 0. The summed E-state index contributed by atoms with van der Waals surface area (Å²) in [6, 6.07) is 0. The molecule has 0 bridgehead atoms. The Morgan fingerprint density at radius 3 is 0.222 bits per heavy atom. The molecule has 0 amide bonds. The minimum Gasteiger partial charge on any atom is -1.00 e. The number of hydrogen-bond donors (Lipinski definition) is 0. The second-order valence-corrected chi connectivity index (χ2v) is 0. The summed E-state index contributed by atoms with van der Waals surface area (Å²) >= 11 is 0. The summed E-state index contributed by atoms with van der Waals surface area (Å²) in [7, 11) is 0. The van der Waals surface area contributed by atoms with E-state index in [4.69, 9.17) is 0 Å². The Hall–Kier alpha value is 4.02. The summed E-state index contributed by atoms with van der Waals surface area (Å²) in [4.78, 5) is 0. The third-order valence-electron chi connectivity index (χ3n) is 0. The third-order valence-corrected chi connectivity index (χ3v) is 0. The molecule has 0 radical (unpaired) electrons. The predicted molar refractivity (Wildman–Crippen MR) is 17.3 cm³/mol. The molecule has 0 spiro atoms. The molecule has 0 aromatic rings. The quantitative estimate of drug-likeness (QED) is 0.291. The van der Waals surface area contributed by atoms with Crippen LogP contribution < -0.4 is 28.2 Å². The van der Waals surface area contributed by atoms with Crippen molar-refractivity contribution < 1.29 is 28.2 Å². The van der Waals surface area contributed by atoms with Crippen LogP contribution in [0.5, 0.6) is 0 Å². The van der Waals surface area contributed by atoms with Crippen LogP contribution in [-0.4, -0.2) is 136 Å². The number of halogens is 6. The van der Waals surface area contributed by atoms with Crippen LogP contribution in [0.4, 0.5) is 0 Å². The standard InChI is InChI=1S/6FH.3Sr/h6*1H;;;/q;;;;;;3*+2/p-6. The van der Waals surface area contributed by atoms with Crippen LogP contribution >= 0.6 is 0 Å². The molecule has 0 atom stereocenters. The van der Waals surface area contributed by atoms with Crippen molar-refractivity contribution in [3.63, 3.8) is 0 Å². The molecule has 0 aliphatic rings. The molecule has 0 aromatic heterocycles. The van der Waals surface area contributed by atoms with E-state index in [1.165, 1.54) is 0 Å². The molecule has 0 unspecified atom stereocenters. The molecule has 9 heavy (non-hydrogen) atoms. The van der Waals surface area contributed by atoms with E-state index in [1.54, 1.807) is 0 Å². The number of hydrogen-bond acceptors (Lipinski definition) is 0. The van der Waals surface area contributed by atoms with Gasteiger partial charge in [-0.3, -0.25) is 0 Å². The first-order valence-corrected chi connectivity index (χ1v) is 0. The fourth-order valence-electron chi connectivity index (χ4n) is 0. The van der Waals surface area contributed by atoms with Crippen LogP contribution in [0.2, 0.25) is 0 Å². The van der Waals surface area contributed by atoms with Crippen LogP contribution in [0.15, 0.2) is 0 Å². The molecular formula is F6Sr3. The van der Waals surface area contributed by atoms with Crippen molar-refractivity contribution in [1.82, 2.24) is 0 Å². The predicted octanol–water partition coefficient (Wildman–Crippen LogP) is -19.1. The Kier molecular flexibility index (Phi) is 1170. The average Bonchev–Trinajstić information content (AvgIpc) is 0. The maximum atomic E-state index is 0. The van der Waals surface area contributed by atoms with Gasteiger partial charge in [-0.2, -0.15) is 0 Å². The van der Waals surface area contributed by atoms with E-state index in [1.807, 2.05) is 0 Å². The van der Waals surface area contributed by atoms with Crippen LogP contribution in [0.1, 0.15) is 0 Å². The van der Waals surface area contributed by atoms with Crippen molar-refractivity contribution in [2.24, 2.45) is 0 Å². The molecule has 0 nitrogen and oxygen atoms in total. The van der Waals surface area contributed by atoms with Crippen LogP contribution in [0, 0.1) is 0 Å². The van der Waals surface area contributed by atoms with Gasteiger partial charge in [0.2, 0.25) is 0 Å². The topological polar surface area (TPSA) is 0 Å². The van der Waals surface area contributed by atoms with Gasteiger partial charge >= 0.3 is 136 Å². The van der Waals surface area contributed by atoms with Gasteiger partial charge in [0.15, 0.2) is 0 Å². The van der Waals surface area contributed by atoms with E-state index in [0.717, 1.165) is 0 Å². The number of rotatable bonds is 0. The van der Waals surface area contributed by atoms with E-state index in [9.17, 15) is 0 Å². The fraction of sp³-hybridized carbons (Fsp3) is 0. The monoisotopic (exact) mass is 378 g/mol. The van der Waals surface area contributed by atoms with E-state index in [0.29, 0.717) is 0 Å². The van der Waals surface area contributed by atoms with Gasteiger partial charge in [0.25, 0.3) is 0 Å². The zero-order valence-electron chi connectivity index (χ0n) is 4.39. The molecule has 48 valence electrons. The van der Waals surface area contributed by atoms with E-state index in [2.05, 4.69) is 0 Å². The molecule has 0 N–H and O–H groups in total. The van der Waals surface area contributed by atoms with Gasteiger partial charge < -0.3 is 28.2 Å². The zero-order valence-corrected chi connectivity index (χ0v) is 14.8. The van der Waals surface area contributed by atoms with Gasteiger partial charge in [-0.1, -0.05) is 0 Å². The third kappa shape index (κ3) is 74.7. The maximum Gasteiger partial charge on any atom is 2.00 e. The molecule has 0 aliphatic heterocycles. The molecule has 0 aromatic carbocycles. The summed E-state index contributed by atoms with van der Waals surface area (Å²) in [5.41, 5.74) is 0. The van der Waals surface area contributed by atoms with Gasteiger partial charge in [-0.05, 0) is 0 Å². The van der Waals surface area contributed by atoms with Crippen molar-refractivity contribution in [2.45, 2.75) is 0 Å². The van der Waals surface area contributed by atoms with E-state index in [-0.39, 0.29) is 165 Å². The summed E-state index contributed by atoms with van der Waals surface area (Å²) in [6.07, 6.45) is 0. The van der Waals surface area contributed by atoms with Gasteiger partial charge in [0.1, 0.15) is 0 Å². The van der Waals surface area contributed by atoms with Gasteiger partial charge in [0.05, 0.1) is 0 Å². The Labute approximate surface area is 160 Å². The molecule has 0 saturated heterocycles. The van der Waals surface area contributed by atoms with Crippen molar-refractivity contribution >= 4 is 136 Å². The van der Waals surface area contributed by atoms with Crippen LogP contribution in [-0.2, 0) is 0 Å². The normalized spacial score (nSPS) is 0. The Morgan fingerprint density at radius 1 is 0.222 bits per heavy atom. The van der Waals surface area contributed by atoms with E-state index >= 15 is 0 Å². The molecule has 0 fully saturated rings. The maximum absolute atomic E-state index is 0. The first-order chi connectivity index (χ1) is 0. The second kappa shape index (κ2) is 90.3. The first kappa shape index (κ1) is 116. The molecule has 0 rings (SSSR count). The largest absolute Gasteiger partial charge is 2.00 e. The van der Waals surface area contributed by atoms with Gasteiger partial charge in [-0.25, -0.2) is 0 Å². The minimum atomic E-state index is 0. The van der Waals surface area contributed by atoms with Crippen molar-refractivity contribution in [1.29, 1.82) is 0 Å². The molecule has 0 aliphatic carbocycles. The Bertz CT molecular complexity index is 8.26. The minimum absolute atomic E-state index is 0. The van der Waals surface area contributed by atoms with Crippen molar-refractivity contribution in [3.8, 4) is 0 Å². The second-order valence-electron chi connectivity index (χ2n) is 0. The molecule has 9 heteroatoms. The van der Waals surface area contributed by atoms with Gasteiger partial charge in [-0.15, -0.1) is 0 Å². The van der Waals surface area contributed by atoms with Gasteiger partial charge in [0, 0.05) is 0 Å². The van der Waals surface area contributed by atoms with Crippen molar-refractivity contribution in [2.75, 3.05) is 0 Å². The van der Waals surface area contributed by atoms with Crippen molar-refractivity contribution in [3.05, 3.63) is 0 Å². The van der Waals surface area contributed by atoms with E-state index < -0.39 is 0 Å². The Balaban J connectivity index is 0. The Morgan fingerprint density at radius 2 is 0.222 bits per heavy atom. The SMILES string of the molecule is [F-].[F-].[F-].[F-].[F-].[F-].[Sr+2].[Sr+2].[Sr+2]. The summed E-state index contributed by atoms with van der Waals surface area (Å²) in [6.45, 7) is 0. The fourth-order valence-corrected chi connectivity index (χ4v) is 0. The van der Waals surface area contributed by atoms with Crippen LogP contribution in [0.25, 0.3) is 0 Å². The van der Waals surface area contributed by atoms with Crippen LogP contribution in [0.3, 0.4) is 0 Å². The smallest absolute Gasteiger partial charge is 1.00 e. The summed E-state index contributed by atoms with van der Waals surface area (Å²) < 4.78 is 0. The zero-order chi connectivity index (χ0) is 0. The summed E-state index contributed by atoms with van der Waals surface area (Å²) in [5.74, 6) is 0. The average molecular weight is 377 g/mol. The molecule has 0 heterocycles. The first-order valence-electron chi connectivity index (χ1n) is 0. The molecular weight excluding hydrogens is 377 g/mol. The molecule has 0 saturated carbocycles.